The van der Waals surface area contributed by atoms with Crippen molar-refractivity contribution in [3.8, 4) is 0 Å². The van der Waals surface area contributed by atoms with Crippen molar-refractivity contribution in [2.75, 3.05) is 46.0 Å². The number of nitrogens with one attached hydrogen (secondary N) is 1. The van der Waals surface area contributed by atoms with E-state index in [1.54, 1.807) is 0 Å². The number of piperidine rings is 1. The van der Waals surface area contributed by atoms with Crippen molar-refractivity contribution < 1.29 is 14.3 Å². The molecule has 0 aromatic heterocycles. The van der Waals surface area contributed by atoms with Gasteiger partial charge in [0.05, 0.1) is 32.5 Å². The molecule has 2 saturated heterocycles. The van der Waals surface area contributed by atoms with Gasteiger partial charge in [-0.2, -0.15) is 0 Å². The van der Waals surface area contributed by atoms with Gasteiger partial charge in [0.1, 0.15) is 0 Å². The quantitative estimate of drug-likeness (QED) is 0.671. The number of likely N-dealkylation sites (tertiary alicyclic amines) is 1. The van der Waals surface area contributed by atoms with E-state index in [0.717, 1.165) is 25.9 Å². The van der Waals surface area contributed by atoms with E-state index in [-0.39, 0.29) is 12.0 Å². The standard InChI is InChI=1S/C12H23N3O3/c13-10-1-3-15(4-2-10)8-12(16)14-7-11-9-17-5-6-18-11/h10-11H,1-9,13H2,(H,14,16). The molecule has 18 heavy (non-hydrogen) atoms. The maximum atomic E-state index is 11.8. The molecule has 0 bridgehead atoms. The molecule has 104 valence electrons. The number of nitrogens with two attached hydrogens (primary N) is 1. The van der Waals surface area contributed by atoms with Crippen LogP contribution in [-0.2, 0) is 14.3 Å². The highest BCUT2D eigenvalue weighted by molar-refractivity contribution is 5.78. The lowest BCUT2D eigenvalue weighted by atomic mass is 10.1. The van der Waals surface area contributed by atoms with E-state index >= 15 is 0 Å². The summed E-state index contributed by atoms with van der Waals surface area (Å²) in [6.07, 6.45) is 1.96. The van der Waals surface area contributed by atoms with Gasteiger partial charge in [-0.05, 0) is 12.8 Å². The Kier molecular flexibility index (Phi) is 5.37. The van der Waals surface area contributed by atoms with Gasteiger partial charge in [0, 0.05) is 25.7 Å². The summed E-state index contributed by atoms with van der Waals surface area (Å²) >= 11 is 0. The van der Waals surface area contributed by atoms with Gasteiger partial charge in [-0.1, -0.05) is 0 Å². The number of rotatable bonds is 4. The maximum absolute atomic E-state index is 11.8. The zero-order valence-corrected chi connectivity index (χ0v) is 10.8. The van der Waals surface area contributed by atoms with Crippen molar-refractivity contribution in [2.45, 2.75) is 25.0 Å². The molecule has 2 aliphatic heterocycles. The van der Waals surface area contributed by atoms with Crippen LogP contribution in [-0.4, -0.2) is 69.0 Å². The fourth-order valence-corrected chi connectivity index (χ4v) is 2.25. The summed E-state index contributed by atoms with van der Waals surface area (Å²) in [5, 5.41) is 2.89. The molecule has 3 N–H and O–H groups in total. The molecule has 6 nitrogen and oxygen atoms in total. The van der Waals surface area contributed by atoms with E-state index < -0.39 is 0 Å². The monoisotopic (exact) mass is 257 g/mol. The number of carbonyl (C=O) groups is 1. The maximum Gasteiger partial charge on any atom is 0.234 e. The minimum atomic E-state index is -0.00234. The Morgan fingerprint density at radius 1 is 1.33 bits per heavy atom. The van der Waals surface area contributed by atoms with Crippen LogP contribution in [0.25, 0.3) is 0 Å². The minimum absolute atomic E-state index is 0.00234. The van der Waals surface area contributed by atoms with Gasteiger partial charge in [-0.3, -0.25) is 9.69 Å². The summed E-state index contributed by atoms with van der Waals surface area (Å²) < 4.78 is 10.7. The number of amides is 1. The molecule has 2 fully saturated rings. The second-order valence-corrected chi connectivity index (χ2v) is 4.99. The van der Waals surface area contributed by atoms with Crippen molar-refractivity contribution in [3.63, 3.8) is 0 Å². The topological polar surface area (TPSA) is 76.8 Å². The summed E-state index contributed by atoms with van der Waals surface area (Å²) in [7, 11) is 0. The van der Waals surface area contributed by atoms with E-state index in [4.69, 9.17) is 15.2 Å². The number of nitrogens with zero attached hydrogens (tertiary/aromatic N) is 1. The SMILES string of the molecule is NC1CCN(CC(=O)NCC2COCCO2)CC1. The van der Waals surface area contributed by atoms with Crippen molar-refractivity contribution in [1.29, 1.82) is 0 Å². The molecule has 0 saturated carbocycles. The molecule has 0 spiro atoms. The van der Waals surface area contributed by atoms with Gasteiger partial charge in [0.25, 0.3) is 0 Å². The zero-order chi connectivity index (χ0) is 12.8. The molecular formula is C12H23N3O3. The number of carbonyl (C=O) groups excluding carboxylic acids is 1. The first kappa shape index (κ1) is 13.7. The van der Waals surface area contributed by atoms with E-state index in [0.29, 0.717) is 39.0 Å². The normalized spacial score (nSPS) is 27.1. The van der Waals surface area contributed by atoms with Crippen molar-refractivity contribution >= 4 is 5.91 Å². The van der Waals surface area contributed by atoms with Crippen molar-refractivity contribution in [3.05, 3.63) is 0 Å². The minimum Gasteiger partial charge on any atom is -0.376 e. The van der Waals surface area contributed by atoms with Crippen LogP contribution in [0.1, 0.15) is 12.8 Å². The van der Waals surface area contributed by atoms with E-state index in [1.165, 1.54) is 0 Å². The van der Waals surface area contributed by atoms with Crippen LogP contribution in [0.4, 0.5) is 0 Å². The number of hydrogen-bond donors (Lipinski definition) is 2. The lowest BCUT2D eigenvalue weighted by molar-refractivity contribution is -0.125. The van der Waals surface area contributed by atoms with Gasteiger partial charge >= 0.3 is 0 Å². The highest BCUT2D eigenvalue weighted by atomic mass is 16.6. The van der Waals surface area contributed by atoms with Gasteiger partial charge < -0.3 is 20.5 Å². The molecule has 6 heteroatoms. The molecule has 1 amide bonds. The molecular weight excluding hydrogens is 234 g/mol. The fourth-order valence-electron chi connectivity index (χ4n) is 2.25. The summed E-state index contributed by atoms with van der Waals surface area (Å²) in [6, 6.07) is 0.303. The van der Waals surface area contributed by atoms with E-state index in [2.05, 4.69) is 10.2 Å². The first-order chi connectivity index (χ1) is 8.74. The second-order valence-electron chi connectivity index (χ2n) is 4.99. The highest BCUT2D eigenvalue weighted by Crippen LogP contribution is 2.07. The van der Waals surface area contributed by atoms with E-state index in [1.807, 2.05) is 0 Å². The van der Waals surface area contributed by atoms with E-state index in [9.17, 15) is 4.79 Å². The predicted molar refractivity (Wildman–Crippen MR) is 67.2 cm³/mol. The Balaban J connectivity index is 1.59. The molecule has 1 unspecified atom stereocenters. The average Bonchev–Trinajstić information content (AvgIpc) is 2.40. The largest absolute Gasteiger partial charge is 0.376 e. The van der Waals surface area contributed by atoms with Crippen LogP contribution in [0.3, 0.4) is 0 Å². The fraction of sp³-hybridized carbons (Fsp3) is 0.917. The number of ether oxygens (including phenoxy) is 2. The summed E-state index contributed by atoms with van der Waals surface area (Å²) in [6.45, 7) is 4.66. The van der Waals surface area contributed by atoms with Crippen LogP contribution < -0.4 is 11.1 Å². The molecule has 0 aromatic carbocycles. The van der Waals surface area contributed by atoms with Gasteiger partial charge in [-0.15, -0.1) is 0 Å². The van der Waals surface area contributed by atoms with Crippen molar-refractivity contribution in [2.24, 2.45) is 5.73 Å². The molecule has 2 aliphatic rings. The molecule has 0 aliphatic carbocycles. The smallest absolute Gasteiger partial charge is 0.234 e. The van der Waals surface area contributed by atoms with Crippen LogP contribution >= 0.6 is 0 Å². The first-order valence-corrected chi connectivity index (χ1v) is 6.68. The van der Waals surface area contributed by atoms with Crippen LogP contribution in [0.2, 0.25) is 0 Å². The first-order valence-electron chi connectivity index (χ1n) is 6.68. The second kappa shape index (κ2) is 7.04. The van der Waals surface area contributed by atoms with Gasteiger partial charge in [-0.25, -0.2) is 0 Å². The third-order valence-electron chi connectivity index (χ3n) is 3.41. The predicted octanol–water partition coefficient (Wildman–Crippen LogP) is -1.06. The zero-order valence-electron chi connectivity index (χ0n) is 10.8. The summed E-state index contributed by atoms with van der Waals surface area (Å²) in [5.74, 6) is 0.0552. The Hall–Kier alpha value is -0.690. The van der Waals surface area contributed by atoms with Crippen LogP contribution in [0, 0.1) is 0 Å². The Morgan fingerprint density at radius 2 is 2.11 bits per heavy atom. The summed E-state index contributed by atoms with van der Waals surface area (Å²) in [4.78, 5) is 13.9. The molecule has 2 heterocycles. The average molecular weight is 257 g/mol. The Bertz CT molecular complexity index is 261. The third-order valence-corrected chi connectivity index (χ3v) is 3.41. The Morgan fingerprint density at radius 3 is 2.78 bits per heavy atom. The Labute approximate surface area is 108 Å². The summed E-state index contributed by atoms with van der Waals surface area (Å²) in [5.41, 5.74) is 5.83. The molecule has 0 aromatic rings. The number of hydrogen-bond acceptors (Lipinski definition) is 5. The highest BCUT2D eigenvalue weighted by Gasteiger charge is 2.19. The van der Waals surface area contributed by atoms with Gasteiger partial charge in [0.2, 0.25) is 5.91 Å². The molecule has 0 radical (unpaired) electrons. The van der Waals surface area contributed by atoms with Crippen molar-refractivity contribution in [1.82, 2.24) is 10.2 Å². The molecule has 1 atom stereocenters. The van der Waals surface area contributed by atoms with Crippen LogP contribution in [0.5, 0.6) is 0 Å². The lowest BCUT2D eigenvalue weighted by Crippen LogP contribution is -2.46. The van der Waals surface area contributed by atoms with Gasteiger partial charge in [0.15, 0.2) is 0 Å². The third kappa shape index (κ3) is 4.53. The van der Waals surface area contributed by atoms with Crippen LogP contribution in [0.15, 0.2) is 0 Å². The lowest BCUT2D eigenvalue weighted by Gasteiger charge is -2.29. The molecule has 2 rings (SSSR count).